The maximum absolute atomic E-state index is 12.3. The summed E-state index contributed by atoms with van der Waals surface area (Å²) in [5.74, 6) is -0.547. The van der Waals surface area contributed by atoms with E-state index in [9.17, 15) is 9.59 Å². The molecule has 0 aliphatic rings. The van der Waals surface area contributed by atoms with Gasteiger partial charge in [0.25, 0.3) is 5.22 Å². The average Bonchev–Trinajstić information content (AvgIpc) is 3.38. The van der Waals surface area contributed by atoms with Gasteiger partial charge in [-0.05, 0) is 30.3 Å². The van der Waals surface area contributed by atoms with Gasteiger partial charge in [0.05, 0.1) is 0 Å². The Kier molecular flexibility index (Phi) is 5.64. The van der Waals surface area contributed by atoms with Crippen molar-refractivity contribution in [3.05, 3.63) is 65.3 Å². The zero-order valence-electron chi connectivity index (χ0n) is 14.9. The number of aromatic nitrogens is 3. The van der Waals surface area contributed by atoms with Crippen molar-refractivity contribution in [1.82, 2.24) is 15.2 Å². The zero-order valence-corrected chi connectivity index (χ0v) is 16.5. The molecule has 4 aromatic rings. The van der Waals surface area contributed by atoms with Gasteiger partial charge in [-0.1, -0.05) is 41.6 Å². The largest absolute Gasteiger partial charge is 0.457 e. The molecule has 29 heavy (non-hydrogen) atoms. The quantitative estimate of drug-likeness (QED) is 0.265. The van der Waals surface area contributed by atoms with E-state index in [1.54, 1.807) is 30.5 Å². The molecule has 0 fully saturated rings. The van der Waals surface area contributed by atoms with Crippen molar-refractivity contribution in [3.8, 4) is 11.5 Å². The van der Waals surface area contributed by atoms with Crippen LogP contribution in [0.5, 0.6) is 0 Å². The number of hydrogen-bond donors (Lipinski definition) is 1. The van der Waals surface area contributed by atoms with Crippen LogP contribution in [0.1, 0.15) is 10.4 Å². The summed E-state index contributed by atoms with van der Waals surface area (Å²) in [6.07, 6.45) is 1.62. The third kappa shape index (κ3) is 4.49. The van der Waals surface area contributed by atoms with Crippen LogP contribution >= 0.6 is 23.4 Å². The minimum Gasteiger partial charge on any atom is -0.457 e. The van der Waals surface area contributed by atoms with E-state index in [1.165, 1.54) is 0 Å². The lowest BCUT2D eigenvalue weighted by atomic mass is 10.1. The molecule has 2 heterocycles. The van der Waals surface area contributed by atoms with Gasteiger partial charge in [-0.15, -0.1) is 10.2 Å². The van der Waals surface area contributed by atoms with E-state index in [2.05, 4.69) is 15.2 Å². The van der Waals surface area contributed by atoms with Crippen LogP contribution < -0.4 is 0 Å². The second kappa shape index (κ2) is 8.50. The summed E-state index contributed by atoms with van der Waals surface area (Å²) in [5.41, 5.74) is 2.07. The van der Waals surface area contributed by atoms with Gasteiger partial charge in [0.2, 0.25) is 11.7 Å². The van der Waals surface area contributed by atoms with Crippen LogP contribution in [-0.2, 0) is 9.53 Å². The molecule has 0 atom stereocenters. The maximum atomic E-state index is 12.3. The van der Waals surface area contributed by atoms with Crippen molar-refractivity contribution in [2.75, 3.05) is 12.4 Å². The van der Waals surface area contributed by atoms with Crippen LogP contribution in [-0.4, -0.2) is 39.3 Å². The highest BCUT2D eigenvalue weighted by atomic mass is 35.5. The SMILES string of the molecule is O=C(CSc1nnc(-c2ccc(Cl)cc2)o1)OCC(=O)c1c[nH]c2ccccc12. The molecule has 0 radical (unpaired) electrons. The van der Waals surface area contributed by atoms with Crippen LogP contribution in [0.4, 0.5) is 0 Å². The number of halogens is 1. The fraction of sp³-hybridized carbons (Fsp3) is 0.100. The van der Waals surface area contributed by atoms with Gasteiger partial charge >= 0.3 is 5.97 Å². The monoisotopic (exact) mass is 427 g/mol. The van der Waals surface area contributed by atoms with E-state index >= 15 is 0 Å². The maximum Gasteiger partial charge on any atom is 0.316 e. The number of carbonyl (C=O) groups excluding carboxylic acids is 2. The van der Waals surface area contributed by atoms with Gasteiger partial charge < -0.3 is 14.1 Å². The number of fused-ring (bicyclic) bond motifs is 1. The van der Waals surface area contributed by atoms with E-state index in [1.807, 2.05) is 24.3 Å². The van der Waals surface area contributed by atoms with Crippen LogP contribution in [0, 0.1) is 0 Å². The Bertz CT molecular complexity index is 1170. The van der Waals surface area contributed by atoms with Crippen LogP contribution in [0.25, 0.3) is 22.4 Å². The summed E-state index contributed by atoms with van der Waals surface area (Å²) in [5, 5.41) is 9.46. The first kappa shape index (κ1) is 19.2. The Labute approximate surface area is 174 Å². The van der Waals surface area contributed by atoms with Crippen molar-refractivity contribution in [2.45, 2.75) is 5.22 Å². The van der Waals surface area contributed by atoms with Gasteiger partial charge in [-0.2, -0.15) is 0 Å². The predicted octanol–water partition coefficient (Wildman–Crippen LogP) is 4.39. The molecule has 2 aromatic carbocycles. The number of esters is 1. The van der Waals surface area contributed by atoms with Gasteiger partial charge in [-0.3, -0.25) is 9.59 Å². The Morgan fingerprint density at radius 3 is 2.72 bits per heavy atom. The minimum atomic E-state index is -0.547. The number of para-hydroxylation sites is 1. The number of thioether (sulfide) groups is 1. The highest BCUT2D eigenvalue weighted by Crippen LogP contribution is 2.24. The molecule has 7 nitrogen and oxygen atoms in total. The van der Waals surface area contributed by atoms with Crippen molar-refractivity contribution >= 4 is 46.0 Å². The van der Waals surface area contributed by atoms with Crippen molar-refractivity contribution in [2.24, 2.45) is 0 Å². The Morgan fingerprint density at radius 1 is 1.10 bits per heavy atom. The number of Topliss-reactive ketones (excluding diaryl/α,β-unsaturated/α-hetero) is 1. The first-order chi connectivity index (χ1) is 14.1. The molecule has 0 amide bonds. The molecular weight excluding hydrogens is 414 g/mol. The first-order valence-electron chi connectivity index (χ1n) is 8.57. The van der Waals surface area contributed by atoms with Gasteiger partial charge in [0, 0.05) is 33.2 Å². The summed E-state index contributed by atoms with van der Waals surface area (Å²) in [6, 6.07) is 14.4. The molecule has 0 aliphatic heterocycles. The average molecular weight is 428 g/mol. The number of ether oxygens (including phenoxy) is 1. The molecule has 2 aromatic heterocycles. The third-order valence-corrected chi connectivity index (χ3v) is 5.11. The molecule has 0 unspecified atom stereocenters. The van der Waals surface area contributed by atoms with Gasteiger partial charge in [-0.25, -0.2) is 0 Å². The molecule has 0 bridgehead atoms. The molecule has 4 rings (SSSR count). The molecule has 0 aliphatic carbocycles. The normalized spacial score (nSPS) is 10.9. The van der Waals surface area contributed by atoms with Crippen LogP contribution in [0.3, 0.4) is 0 Å². The molecule has 0 spiro atoms. The van der Waals surface area contributed by atoms with Crippen LogP contribution in [0.15, 0.2) is 64.4 Å². The fourth-order valence-electron chi connectivity index (χ4n) is 2.67. The van der Waals surface area contributed by atoms with Crippen molar-refractivity contribution < 1.29 is 18.7 Å². The smallest absolute Gasteiger partial charge is 0.316 e. The Morgan fingerprint density at radius 2 is 1.90 bits per heavy atom. The van der Waals surface area contributed by atoms with Crippen LogP contribution in [0.2, 0.25) is 5.02 Å². The van der Waals surface area contributed by atoms with Crippen molar-refractivity contribution in [3.63, 3.8) is 0 Å². The number of nitrogens with zero attached hydrogens (tertiary/aromatic N) is 2. The summed E-state index contributed by atoms with van der Waals surface area (Å²) >= 11 is 6.89. The predicted molar refractivity (Wildman–Crippen MR) is 109 cm³/mol. The Hall–Kier alpha value is -3.10. The number of aromatic amines is 1. The number of nitrogens with one attached hydrogen (secondary N) is 1. The Balaban J connectivity index is 1.29. The topological polar surface area (TPSA) is 98.1 Å². The van der Waals surface area contributed by atoms with Gasteiger partial charge in [0.1, 0.15) is 5.75 Å². The van der Waals surface area contributed by atoms with Crippen molar-refractivity contribution in [1.29, 1.82) is 0 Å². The number of ketones is 1. The molecule has 0 saturated carbocycles. The van der Waals surface area contributed by atoms with E-state index in [-0.39, 0.29) is 23.4 Å². The fourth-order valence-corrected chi connectivity index (χ4v) is 3.35. The highest BCUT2D eigenvalue weighted by Gasteiger charge is 2.16. The molecule has 9 heteroatoms. The molecule has 146 valence electrons. The minimum absolute atomic E-state index is 0.0522. The lowest BCUT2D eigenvalue weighted by molar-refractivity contribution is -0.139. The molecule has 1 N–H and O–H groups in total. The second-order valence-electron chi connectivity index (χ2n) is 6.00. The van der Waals surface area contributed by atoms with E-state index in [0.29, 0.717) is 16.5 Å². The summed E-state index contributed by atoms with van der Waals surface area (Å²) in [4.78, 5) is 27.3. The number of carbonyl (C=O) groups is 2. The van der Waals surface area contributed by atoms with E-state index < -0.39 is 5.97 Å². The van der Waals surface area contributed by atoms with E-state index in [4.69, 9.17) is 20.8 Å². The molecular formula is C20H14ClN3O4S. The number of H-pyrrole nitrogens is 1. The third-order valence-electron chi connectivity index (χ3n) is 4.07. The summed E-state index contributed by atoms with van der Waals surface area (Å²) in [6.45, 7) is -0.332. The number of benzene rings is 2. The lowest BCUT2D eigenvalue weighted by Gasteiger charge is -2.02. The standard InChI is InChI=1S/C20H14ClN3O4S/c21-13-7-5-12(6-8-13)19-23-24-20(28-19)29-11-18(26)27-10-17(25)15-9-22-16-4-2-1-3-14(15)16/h1-9,22H,10-11H2. The van der Waals surface area contributed by atoms with Gasteiger partial charge in [0.15, 0.2) is 6.61 Å². The summed E-state index contributed by atoms with van der Waals surface area (Å²) < 4.78 is 10.6. The zero-order chi connectivity index (χ0) is 20.2. The number of hydrogen-bond acceptors (Lipinski definition) is 7. The number of rotatable bonds is 7. The highest BCUT2D eigenvalue weighted by molar-refractivity contribution is 7.99. The molecule has 0 saturated heterocycles. The second-order valence-corrected chi connectivity index (χ2v) is 7.36. The van der Waals surface area contributed by atoms with E-state index in [0.717, 1.165) is 28.2 Å². The first-order valence-corrected chi connectivity index (χ1v) is 9.94. The summed E-state index contributed by atoms with van der Waals surface area (Å²) in [7, 11) is 0. The lowest BCUT2D eigenvalue weighted by Crippen LogP contribution is -2.15.